The Balaban J connectivity index is 1.02. The topological polar surface area (TPSA) is 236 Å². The van der Waals surface area contributed by atoms with Crippen LogP contribution in [0.3, 0.4) is 0 Å². The Morgan fingerprint density at radius 2 is 0.788 bits per heavy atom. The Bertz CT molecular complexity index is 3220. The number of carboxylic acids is 2. The van der Waals surface area contributed by atoms with E-state index < -0.39 is 70.2 Å². The number of imide groups is 2. The summed E-state index contributed by atoms with van der Waals surface area (Å²) in [6, 6.07) is 27.7. The van der Waals surface area contributed by atoms with Crippen molar-refractivity contribution in [3.63, 3.8) is 0 Å². The van der Waals surface area contributed by atoms with Crippen LogP contribution in [0.4, 0.5) is 11.4 Å². The highest BCUT2D eigenvalue weighted by Crippen LogP contribution is 2.47. The minimum Gasteiger partial charge on any atom is -0.478 e. The van der Waals surface area contributed by atoms with Crippen molar-refractivity contribution in [2.75, 3.05) is 24.0 Å². The molecule has 18 heteroatoms. The molecule has 8 rings (SSSR count). The maximum atomic E-state index is 14.0. The largest absolute Gasteiger partial charge is 0.478 e. The second-order valence-corrected chi connectivity index (χ2v) is 16.5. The van der Waals surface area contributed by atoms with Crippen molar-refractivity contribution < 1.29 is 67.6 Å². The molecular formula is C48H28N2O14S2. The maximum absolute atomic E-state index is 14.0. The van der Waals surface area contributed by atoms with Crippen LogP contribution in [-0.4, -0.2) is 83.5 Å². The van der Waals surface area contributed by atoms with Crippen LogP contribution in [0.1, 0.15) is 115 Å². The van der Waals surface area contributed by atoms with Crippen molar-refractivity contribution in [3.05, 3.63) is 188 Å². The third kappa shape index (κ3) is 7.69. The fourth-order valence-electron chi connectivity index (χ4n) is 7.35. The van der Waals surface area contributed by atoms with Crippen LogP contribution in [0, 0.1) is 0 Å². The molecule has 6 aromatic rings. The second-order valence-electron chi connectivity index (χ2n) is 14.3. The van der Waals surface area contributed by atoms with E-state index in [0.717, 1.165) is 63.8 Å². The van der Waals surface area contributed by atoms with E-state index in [1.807, 2.05) is 0 Å². The van der Waals surface area contributed by atoms with E-state index in [1.54, 1.807) is 48.5 Å². The molecule has 0 radical (unpaired) electrons. The van der Waals surface area contributed by atoms with Gasteiger partial charge in [0.2, 0.25) is 0 Å². The first kappa shape index (κ1) is 44.1. The summed E-state index contributed by atoms with van der Waals surface area (Å²) in [5, 5.41) is 18.9. The Morgan fingerprint density at radius 1 is 0.424 bits per heavy atom. The molecule has 6 aromatic carbocycles. The smallest absolute Gasteiger partial charge is 0.338 e. The molecule has 4 amide bonds. The molecule has 0 aromatic heterocycles. The summed E-state index contributed by atoms with van der Waals surface area (Å²) in [7, 11) is 4.50. The van der Waals surface area contributed by atoms with Gasteiger partial charge in [0.1, 0.15) is 0 Å². The van der Waals surface area contributed by atoms with Crippen LogP contribution >= 0.6 is 21.6 Å². The summed E-state index contributed by atoms with van der Waals surface area (Å²) in [6.45, 7) is 0. The Kier molecular flexibility index (Phi) is 11.8. The zero-order chi connectivity index (χ0) is 47.1. The number of fused-ring (bicyclic) bond motifs is 2. The highest BCUT2D eigenvalue weighted by atomic mass is 33.1. The number of carbonyl (C=O) groups excluding carboxylic acids is 8. The Labute approximate surface area is 380 Å². The number of methoxy groups -OCH3 is 2. The lowest BCUT2D eigenvalue weighted by molar-refractivity contribution is 0.0555. The number of amides is 4. The van der Waals surface area contributed by atoms with Gasteiger partial charge in [-0.2, -0.15) is 0 Å². The molecule has 0 fully saturated rings. The summed E-state index contributed by atoms with van der Waals surface area (Å²) in [6.07, 6.45) is 0. The Morgan fingerprint density at radius 3 is 1.23 bits per heavy atom. The first-order valence-corrected chi connectivity index (χ1v) is 21.4. The predicted molar refractivity (Wildman–Crippen MR) is 236 cm³/mol. The van der Waals surface area contributed by atoms with Gasteiger partial charge in [-0.1, -0.05) is 70.1 Å². The zero-order valence-electron chi connectivity index (χ0n) is 34.1. The highest BCUT2D eigenvalue weighted by molar-refractivity contribution is 8.76. The maximum Gasteiger partial charge on any atom is 0.338 e. The summed E-state index contributed by atoms with van der Waals surface area (Å²) in [5.41, 5.74) is -1.36. The quantitative estimate of drug-likeness (QED) is 0.0493. The molecule has 2 N–H and O–H groups in total. The first-order chi connectivity index (χ1) is 31.6. The minimum absolute atomic E-state index is 0.000278. The van der Waals surface area contributed by atoms with Crippen LogP contribution in [0.25, 0.3) is 0 Å². The lowest BCUT2D eigenvalue weighted by atomic mass is 9.96. The molecule has 2 heterocycles. The third-order valence-corrected chi connectivity index (χ3v) is 13.0. The molecular weight excluding hydrogens is 893 g/mol. The van der Waals surface area contributed by atoms with Gasteiger partial charge < -0.3 is 19.7 Å². The van der Waals surface area contributed by atoms with Crippen LogP contribution in [0.2, 0.25) is 0 Å². The van der Waals surface area contributed by atoms with Crippen molar-refractivity contribution in [2.45, 2.75) is 9.79 Å². The number of hydrogen-bond acceptors (Lipinski definition) is 14. The van der Waals surface area contributed by atoms with Gasteiger partial charge in [-0.15, -0.1) is 0 Å². The van der Waals surface area contributed by atoms with Crippen molar-refractivity contribution in [3.8, 4) is 0 Å². The van der Waals surface area contributed by atoms with Crippen molar-refractivity contribution in [2.24, 2.45) is 0 Å². The predicted octanol–water partition coefficient (Wildman–Crippen LogP) is 7.52. The van der Waals surface area contributed by atoms with Gasteiger partial charge in [-0.25, -0.2) is 29.0 Å². The molecule has 0 atom stereocenters. The SMILES string of the molecule is COC(=O)c1ccc(C(=O)c2ccc3c(c2)C(=O)N(c2ccccc2SSc2ccccc2N2C(=O)c4ccc(C(=O)c5ccc(C(=O)O)c(C(=O)O)c5)cc4C2=O)C3=O)cc1C(=O)OC. The molecule has 0 saturated carbocycles. The van der Waals surface area contributed by atoms with Crippen LogP contribution in [0.5, 0.6) is 0 Å². The van der Waals surface area contributed by atoms with Crippen molar-refractivity contribution in [1.82, 2.24) is 0 Å². The third-order valence-electron chi connectivity index (χ3n) is 10.6. The second kappa shape index (κ2) is 17.6. The van der Waals surface area contributed by atoms with Crippen LogP contribution < -0.4 is 9.80 Å². The first-order valence-electron chi connectivity index (χ1n) is 19.2. The molecule has 326 valence electrons. The minimum atomic E-state index is -1.55. The fourth-order valence-corrected chi connectivity index (χ4v) is 9.67. The van der Waals surface area contributed by atoms with E-state index in [4.69, 9.17) is 9.47 Å². The lowest BCUT2D eigenvalue weighted by Crippen LogP contribution is -2.30. The van der Waals surface area contributed by atoms with Gasteiger partial charge in [-0.3, -0.25) is 28.8 Å². The fraction of sp³-hybridized carbons (Fsp3) is 0.0417. The van der Waals surface area contributed by atoms with Gasteiger partial charge in [0.25, 0.3) is 23.6 Å². The van der Waals surface area contributed by atoms with Crippen LogP contribution in [0.15, 0.2) is 131 Å². The van der Waals surface area contributed by atoms with Gasteiger partial charge in [-0.05, 0) is 72.8 Å². The monoisotopic (exact) mass is 920 g/mol. The number of para-hydroxylation sites is 2. The van der Waals surface area contributed by atoms with E-state index in [1.165, 1.54) is 54.6 Å². The number of aromatic carboxylic acids is 2. The molecule has 2 aliphatic rings. The standard InChI is InChI=1S/C48H28N2O14S2/c1-63-47(61)30-18-14-26(22-34(30)48(62)64-2)40(52)24-12-16-28-32(20-24)44(56)50(42(28)54)36-8-4-6-10-38(36)66-65-37-9-5-3-7-35(37)49-41(53)27-15-11-23(19-31(27)43(49)55)39(51)25-13-17-29(45(57)58)33(21-25)46(59)60/h3-22H,1-2H3,(H,57,58)(H,59,60). The van der Waals surface area contributed by atoms with Gasteiger partial charge in [0, 0.05) is 32.0 Å². The normalized spacial score (nSPS) is 12.8. The van der Waals surface area contributed by atoms with E-state index in [-0.39, 0.29) is 67.0 Å². The highest BCUT2D eigenvalue weighted by Gasteiger charge is 2.40. The number of hydrogen-bond donors (Lipinski definition) is 2. The summed E-state index contributed by atoms with van der Waals surface area (Å²) >= 11 is 0. The van der Waals surface area contributed by atoms with Crippen LogP contribution in [-0.2, 0) is 9.47 Å². The Hall–Kier alpha value is -8.48. The molecule has 0 bridgehead atoms. The number of anilines is 2. The van der Waals surface area contributed by atoms with Gasteiger partial charge >= 0.3 is 23.9 Å². The van der Waals surface area contributed by atoms with Gasteiger partial charge in [0.15, 0.2) is 11.6 Å². The molecule has 0 unspecified atom stereocenters. The summed E-state index contributed by atoms with van der Waals surface area (Å²) in [5.74, 6) is -8.89. The summed E-state index contributed by atoms with van der Waals surface area (Å²) < 4.78 is 9.51. The van der Waals surface area contributed by atoms with E-state index in [9.17, 15) is 58.2 Å². The lowest BCUT2D eigenvalue weighted by Gasteiger charge is -2.19. The number of benzene rings is 6. The number of carboxylic acid groups (broad SMARTS) is 2. The molecule has 16 nitrogen and oxygen atoms in total. The number of nitrogens with zero attached hydrogens (tertiary/aromatic N) is 2. The number of ether oxygens (including phenoxy) is 2. The summed E-state index contributed by atoms with van der Waals surface area (Å²) in [4.78, 5) is 134. The molecule has 0 saturated heterocycles. The molecule has 0 spiro atoms. The average Bonchev–Trinajstić information content (AvgIpc) is 3.74. The molecule has 0 aliphatic carbocycles. The van der Waals surface area contributed by atoms with Gasteiger partial charge in [0.05, 0.1) is 70.1 Å². The molecule has 2 aliphatic heterocycles. The van der Waals surface area contributed by atoms with Crippen molar-refractivity contribution >= 4 is 92.0 Å². The number of rotatable bonds is 13. The van der Waals surface area contributed by atoms with Crippen molar-refractivity contribution in [1.29, 1.82) is 0 Å². The number of ketones is 2. The van der Waals surface area contributed by atoms with E-state index in [2.05, 4.69) is 0 Å². The number of esters is 2. The van der Waals surface area contributed by atoms with E-state index in [0.29, 0.717) is 9.79 Å². The number of carbonyl (C=O) groups is 10. The van der Waals surface area contributed by atoms with E-state index >= 15 is 0 Å². The molecule has 66 heavy (non-hydrogen) atoms. The zero-order valence-corrected chi connectivity index (χ0v) is 35.7. The average molecular weight is 921 g/mol.